The van der Waals surface area contributed by atoms with Gasteiger partial charge in [0.05, 0.1) is 6.54 Å². The average Bonchev–Trinajstić information content (AvgIpc) is 2.95. The second-order valence-electron chi connectivity index (χ2n) is 5.82. The van der Waals surface area contributed by atoms with Gasteiger partial charge >= 0.3 is 0 Å². The minimum atomic E-state index is 0.809. The number of aryl methyl sites for hydroxylation is 1. The highest BCUT2D eigenvalue weighted by Gasteiger charge is 2.07. The lowest BCUT2D eigenvalue weighted by atomic mass is 10.1. The number of unbranched alkanes of at least 4 members (excludes halogenated alkanes) is 4. The molecule has 0 amide bonds. The summed E-state index contributed by atoms with van der Waals surface area (Å²) < 4.78 is 7.06. The van der Waals surface area contributed by atoms with Crippen LogP contribution in [0.4, 0.5) is 0 Å². The van der Waals surface area contributed by atoms with Crippen LogP contribution in [0, 0.1) is 6.92 Å². The Balaban J connectivity index is 1.79. The second kappa shape index (κ2) is 9.16. The largest absolute Gasteiger partial charge is 0.460 e. The van der Waals surface area contributed by atoms with Crippen LogP contribution in [0.5, 0.6) is 0 Å². The third-order valence-corrected chi connectivity index (χ3v) is 4.37. The SMILES string of the molecule is CCCCCCCNCc1ccc(-c2ccc(Br)cc2C)o1. The van der Waals surface area contributed by atoms with Crippen LogP contribution in [0.1, 0.15) is 50.4 Å². The van der Waals surface area contributed by atoms with Crippen LogP contribution in [-0.4, -0.2) is 6.54 Å². The summed E-state index contributed by atoms with van der Waals surface area (Å²) in [6, 6.07) is 10.4. The fourth-order valence-corrected chi connectivity index (χ4v) is 3.06. The summed E-state index contributed by atoms with van der Waals surface area (Å²) in [5, 5.41) is 3.47. The molecule has 0 spiro atoms. The summed E-state index contributed by atoms with van der Waals surface area (Å²) in [4.78, 5) is 0. The van der Waals surface area contributed by atoms with Gasteiger partial charge in [0.25, 0.3) is 0 Å². The highest BCUT2D eigenvalue weighted by molar-refractivity contribution is 9.10. The standard InChI is InChI=1S/C19H26BrNO/c1-3-4-5-6-7-12-21-14-17-9-11-19(22-17)18-10-8-16(20)13-15(18)2/h8-11,13,21H,3-7,12,14H2,1-2H3. The Labute approximate surface area is 142 Å². The smallest absolute Gasteiger partial charge is 0.134 e. The van der Waals surface area contributed by atoms with E-state index in [9.17, 15) is 0 Å². The van der Waals surface area contributed by atoms with E-state index in [1.807, 2.05) is 0 Å². The minimum absolute atomic E-state index is 0.809. The van der Waals surface area contributed by atoms with Crippen LogP contribution < -0.4 is 5.32 Å². The Bertz CT molecular complexity index is 577. The lowest BCUT2D eigenvalue weighted by Gasteiger charge is -2.04. The number of rotatable bonds is 9. The summed E-state index contributed by atoms with van der Waals surface area (Å²) in [7, 11) is 0. The molecule has 0 aliphatic heterocycles. The van der Waals surface area contributed by atoms with E-state index in [4.69, 9.17) is 4.42 Å². The van der Waals surface area contributed by atoms with Gasteiger partial charge < -0.3 is 9.73 Å². The van der Waals surface area contributed by atoms with E-state index >= 15 is 0 Å². The van der Waals surface area contributed by atoms with Gasteiger partial charge in [-0.2, -0.15) is 0 Å². The number of halogens is 1. The molecule has 0 atom stereocenters. The van der Waals surface area contributed by atoms with Gasteiger partial charge in [0.15, 0.2) is 0 Å². The van der Waals surface area contributed by atoms with Gasteiger partial charge in [-0.05, 0) is 55.8 Å². The van der Waals surface area contributed by atoms with E-state index < -0.39 is 0 Å². The van der Waals surface area contributed by atoms with Crippen molar-refractivity contribution < 1.29 is 4.42 Å². The molecule has 2 rings (SSSR count). The second-order valence-corrected chi connectivity index (χ2v) is 6.73. The summed E-state index contributed by atoms with van der Waals surface area (Å²) in [5.41, 5.74) is 2.38. The molecule has 0 aliphatic rings. The Morgan fingerprint density at radius 1 is 1.05 bits per heavy atom. The first-order valence-corrected chi connectivity index (χ1v) is 9.06. The molecule has 0 saturated heterocycles. The maximum atomic E-state index is 5.96. The quantitative estimate of drug-likeness (QED) is 0.546. The van der Waals surface area contributed by atoms with Crippen LogP contribution in [0.15, 0.2) is 39.2 Å². The molecule has 22 heavy (non-hydrogen) atoms. The van der Waals surface area contributed by atoms with E-state index in [1.54, 1.807) is 0 Å². The third kappa shape index (κ3) is 5.29. The summed E-state index contributed by atoms with van der Waals surface area (Å²) >= 11 is 3.50. The first-order valence-electron chi connectivity index (χ1n) is 8.26. The van der Waals surface area contributed by atoms with Gasteiger partial charge in [-0.15, -0.1) is 0 Å². The fourth-order valence-electron chi connectivity index (χ4n) is 2.59. The van der Waals surface area contributed by atoms with Crippen molar-refractivity contribution in [1.82, 2.24) is 5.32 Å². The molecular weight excluding hydrogens is 338 g/mol. The van der Waals surface area contributed by atoms with E-state index in [-0.39, 0.29) is 0 Å². The molecule has 1 N–H and O–H groups in total. The van der Waals surface area contributed by atoms with Gasteiger partial charge in [-0.3, -0.25) is 0 Å². The van der Waals surface area contributed by atoms with Crippen LogP contribution in [-0.2, 0) is 6.54 Å². The Morgan fingerprint density at radius 2 is 1.86 bits per heavy atom. The molecule has 1 heterocycles. The predicted molar refractivity (Wildman–Crippen MR) is 97.0 cm³/mol. The lowest BCUT2D eigenvalue weighted by Crippen LogP contribution is -2.14. The van der Waals surface area contributed by atoms with Crippen molar-refractivity contribution >= 4 is 15.9 Å². The molecule has 0 unspecified atom stereocenters. The van der Waals surface area contributed by atoms with Crippen LogP contribution in [0.3, 0.4) is 0 Å². The zero-order valence-corrected chi connectivity index (χ0v) is 15.2. The Morgan fingerprint density at radius 3 is 2.64 bits per heavy atom. The van der Waals surface area contributed by atoms with Crippen molar-refractivity contribution in [3.05, 3.63) is 46.1 Å². The van der Waals surface area contributed by atoms with Crippen molar-refractivity contribution in [2.75, 3.05) is 6.54 Å². The van der Waals surface area contributed by atoms with Crippen molar-refractivity contribution in [3.8, 4) is 11.3 Å². The molecular formula is C19H26BrNO. The molecule has 3 heteroatoms. The topological polar surface area (TPSA) is 25.2 Å². The maximum absolute atomic E-state index is 5.96. The lowest BCUT2D eigenvalue weighted by molar-refractivity contribution is 0.486. The van der Waals surface area contributed by atoms with Crippen LogP contribution in [0.2, 0.25) is 0 Å². The predicted octanol–water partition coefficient (Wildman–Crippen LogP) is 6.08. The minimum Gasteiger partial charge on any atom is -0.460 e. The number of furan rings is 1. The zero-order valence-electron chi connectivity index (χ0n) is 13.6. The molecule has 0 aliphatic carbocycles. The first-order chi connectivity index (χ1) is 10.7. The van der Waals surface area contributed by atoms with Gasteiger partial charge in [0.2, 0.25) is 0 Å². The van der Waals surface area contributed by atoms with Crippen molar-refractivity contribution in [2.24, 2.45) is 0 Å². The van der Waals surface area contributed by atoms with Gasteiger partial charge in [-0.25, -0.2) is 0 Å². The molecule has 0 radical (unpaired) electrons. The van der Waals surface area contributed by atoms with E-state index in [0.29, 0.717) is 0 Å². The number of hydrogen-bond donors (Lipinski definition) is 1. The molecule has 1 aromatic heterocycles. The Kier molecular flexibility index (Phi) is 7.20. The average molecular weight is 364 g/mol. The van der Waals surface area contributed by atoms with Gasteiger partial charge in [0, 0.05) is 10.0 Å². The maximum Gasteiger partial charge on any atom is 0.134 e. The Hall–Kier alpha value is -1.06. The molecule has 2 nitrogen and oxygen atoms in total. The van der Waals surface area contributed by atoms with Gasteiger partial charge in [0.1, 0.15) is 11.5 Å². The van der Waals surface area contributed by atoms with Crippen LogP contribution >= 0.6 is 15.9 Å². The van der Waals surface area contributed by atoms with E-state index in [1.165, 1.54) is 37.7 Å². The highest BCUT2D eigenvalue weighted by atomic mass is 79.9. The number of benzene rings is 1. The van der Waals surface area contributed by atoms with Gasteiger partial charge in [-0.1, -0.05) is 48.5 Å². The molecule has 1 aromatic carbocycles. The molecule has 120 valence electrons. The summed E-state index contributed by atoms with van der Waals surface area (Å²) in [6.07, 6.45) is 6.58. The van der Waals surface area contributed by atoms with Crippen LogP contribution in [0.25, 0.3) is 11.3 Å². The first kappa shape index (κ1) is 17.3. The third-order valence-electron chi connectivity index (χ3n) is 3.87. The molecule has 0 fully saturated rings. The summed E-state index contributed by atoms with van der Waals surface area (Å²) in [6.45, 7) is 6.23. The molecule has 2 aromatic rings. The number of nitrogens with one attached hydrogen (secondary N) is 1. The van der Waals surface area contributed by atoms with Crippen molar-refractivity contribution in [1.29, 1.82) is 0 Å². The van der Waals surface area contributed by atoms with E-state index in [0.717, 1.165) is 34.6 Å². The normalized spacial score (nSPS) is 11.0. The molecule has 0 saturated carbocycles. The summed E-state index contributed by atoms with van der Waals surface area (Å²) in [5.74, 6) is 1.95. The van der Waals surface area contributed by atoms with E-state index in [2.05, 4.69) is 65.4 Å². The fraction of sp³-hybridized carbons (Fsp3) is 0.474. The zero-order chi connectivity index (χ0) is 15.8. The highest BCUT2D eigenvalue weighted by Crippen LogP contribution is 2.27. The monoisotopic (exact) mass is 363 g/mol. The van der Waals surface area contributed by atoms with Crippen molar-refractivity contribution in [3.63, 3.8) is 0 Å². The van der Waals surface area contributed by atoms with Crippen molar-refractivity contribution in [2.45, 2.75) is 52.5 Å². The molecule has 0 bridgehead atoms. The number of hydrogen-bond acceptors (Lipinski definition) is 2.